The topological polar surface area (TPSA) is 54.9 Å². The molecular formula is C28H25F6N3O3. The molecule has 0 saturated carbocycles. The molecule has 2 saturated heterocycles. The number of hydrogen-bond acceptors (Lipinski definition) is 5. The van der Waals surface area contributed by atoms with Crippen LogP contribution in [0.4, 0.5) is 31.1 Å². The Bertz CT molecular complexity index is 1360. The van der Waals surface area contributed by atoms with Crippen LogP contribution < -0.4 is 9.47 Å². The summed E-state index contributed by atoms with van der Waals surface area (Å²) in [6.45, 7) is 3.12. The molecule has 6 nitrogen and oxygen atoms in total. The predicted molar refractivity (Wildman–Crippen MR) is 132 cm³/mol. The molecule has 40 heavy (non-hydrogen) atoms. The molecule has 3 heterocycles. The van der Waals surface area contributed by atoms with Gasteiger partial charge in [-0.2, -0.15) is 26.3 Å². The summed E-state index contributed by atoms with van der Waals surface area (Å²) in [4.78, 5) is 19.7. The van der Waals surface area contributed by atoms with Crippen molar-refractivity contribution in [3.8, 4) is 17.2 Å². The molecule has 2 aliphatic rings. The van der Waals surface area contributed by atoms with Crippen molar-refractivity contribution in [3.63, 3.8) is 0 Å². The van der Waals surface area contributed by atoms with Crippen molar-refractivity contribution >= 4 is 6.09 Å². The third-order valence-corrected chi connectivity index (χ3v) is 7.15. The molecule has 2 aliphatic heterocycles. The SMILES string of the molecule is O=C(Oc1cncc(C(F)(F)F)c1)N1CCC2(CC1)CN(Cc1cccc(Oc3cccc(C(F)(F)F)c3)c1)C2. The number of nitrogens with zero attached hydrogens (tertiary/aromatic N) is 3. The number of likely N-dealkylation sites (tertiary alicyclic amines) is 2. The highest BCUT2D eigenvalue weighted by molar-refractivity contribution is 5.70. The second-order valence-corrected chi connectivity index (χ2v) is 10.2. The van der Waals surface area contributed by atoms with Crippen LogP contribution in [0.25, 0.3) is 0 Å². The Morgan fingerprint density at radius 2 is 1.45 bits per heavy atom. The molecule has 1 amide bonds. The van der Waals surface area contributed by atoms with Crippen molar-refractivity contribution < 1.29 is 40.6 Å². The van der Waals surface area contributed by atoms with Gasteiger partial charge < -0.3 is 14.4 Å². The van der Waals surface area contributed by atoms with E-state index in [-0.39, 0.29) is 16.9 Å². The number of aromatic nitrogens is 1. The number of halogens is 6. The van der Waals surface area contributed by atoms with Gasteiger partial charge in [-0.25, -0.2) is 4.79 Å². The lowest BCUT2D eigenvalue weighted by Gasteiger charge is -2.54. The molecule has 0 atom stereocenters. The minimum absolute atomic E-state index is 0.0423. The van der Waals surface area contributed by atoms with E-state index in [0.29, 0.717) is 31.6 Å². The highest BCUT2D eigenvalue weighted by atomic mass is 19.4. The van der Waals surface area contributed by atoms with Crippen LogP contribution in [0.1, 0.15) is 29.5 Å². The van der Waals surface area contributed by atoms with Gasteiger partial charge in [0.05, 0.1) is 17.3 Å². The molecule has 12 heteroatoms. The van der Waals surface area contributed by atoms with E-state index in [4.69, 9.17) is 9.47 Å². The summed E-state index contributed by atoms with van der Waals surface area (Å²) in [5, 5.41) is 0. The lowest BCUT2D eigenvalue weighted by Crippen LogP contribution is -2.60. The quantitative estimate of drug-likeness (QED) is 0.312. The number of carbonyl (C=O) groups excluding carboxylic acids is 1. The maximum atomic E-state index is 13.0. The zero-order valence-electron chi connectivity index (χ0n) is 21.1. The first-order valence-corrected chi connectivity index (χ1v) is 12.5. The Balaban J connectivity index is 1.10. The van der Waals surface area contributed by atoms with Gasteiger partial charge in [-0.05, 0) is 60.2 Å². The van der Waals surface area contributed by atoms with Crippen LogP contribution in [0.3, 0.4) is 0 Å². The third kappa shape index (κ3) is 6.49. The van der Waals surface area contributed by atoms with E-state index in [1.165, 1.54) is 17.0 Å². The van der Waals surface area contributed by atoms with Gasteiger partial charge in [-0.1, -0.05) is 18.2 Å². The molecule has 0 aliphatic carbocycles. The summed E-state index contributed by atoms with van der Waals surface area (Å²) in [6, 6.07) is 12.7. The van der Waals surface area contributed by atoms with Crippen LogP contribution in [-0.4, -0.2) is 47.1 Å². The Hall–Kier alpha value is -3.80. The first-order valence-electron chi connectivity index (χ1n) is 12.5. The standard InChI is InChI=1S/C28H25F6N3O3/c29-27(30,31)20-4-2-6-23(12-20)39-22-5-1-3-19(11-22)16-36-17-26(18-36)7-9-37(10-8-26)25(38)40-24-13-21(14-35-15-24)28(32,33)34/h1-6,11-15H,7-10,16-18H2. The molecule has 3 aromatic rings. The van der Waals surface area contributed by atoms with E-state index < -0.39 is 29.6 Å². The first-order chi connectivity index (χ1) is 18.9. The van der Waals surface area contributed by atoms with Crippen molar-refractivity contribution in [1.82, 2.24) is 14.8 Å². The van der Waals surface area contributed by atoms with E-state index in [1.54, 1.807) is 18.2 Å². The maximum absolute atomic E-state index is 13.0. The second kappa shape index (κ2) is 10.6. The fraction of sp³-hybridized carbons (Fsp3) is 0.357. The van der Waals surface area contributed by atoms with Crippen LogP contribution in [-0.2, 0) is 18.9 Å². The number of alkyl halides is 6. The summed E-state index contributed by atoms with van der Waals surface area (Å²) in [5.74, 6) is 0.286. The van der Waals surface area contributed by atoms with Crippen LogP contribution in [0.2, 0.25) is 0 Å². The monoisotopic (exact) mass is 565 g/mol. The van der Waals surface area contributed by atoms with Crippen molar-refractivity contribution in [3.05, 3.63) is 83.7 Å². The van der Waals surface area contributed by atoms with E-state index >= 15 is 0 Å². The summed E-state index contributed by atoms with van der Waals surface area (Å²) in [7, 11) is 0. The average molecular weight is 566 g/mol. The fourth-order valence-electron chi connectivity index (χ4n) is 5.13. The minimum Gasteiger partial charge on any atom is -0.457 e. The Kier molecular flexibility index (Phi) is 7.38. The van der Waals surface area contributed by atoms with Gasteiger partial charge in [0.1, 0.15) is 11.5 Å². The van der Waals surface area contributed by atoms with Crippen LogP contribution >= 0.6 is 0 Å². The van der Waals surface area contributed by atoms with Gasteiger partial charge in [0.25, 0.3) is 0 Å². The minimum atomic E-state index is -4.58. The molecule has 1 aromatic heterocycles. The van der Waals surface area contributed by atoms with E-state index in [9.17, 15) is 31.1 Å². The van der Waals surface area contributed by atoms with Crippen molar-refractivity contribution in [2.45, 2.75) is 31.7 Å². The summed E-state index contributed by atoms with van der Waals surface area (Å²) < 4.78 is 88.4. The van der Waals surface area contributed by atoms with Crippen LogP contribution in [0.15, 0.2) is 67.0 Å². The number of benzene rings is 2. The number of piperidine rings is 1. The molecule has 1 spiro atoms. The number of rotatable bonds is 5. The number of ether oxygens (including phenoxy) is 2. The predicted octanol–water partition coefficient (Wildman–Crippen LogP) is 7.01. The third-order valence-electron chi connectivity index (χ3n) is 7.15. The normalized spacial score (nSPS) is 17.4. The first kappa shape index (κ1) is 27.8. The largest absolute Gasteiger partial charge is 0.457 e. The number of pyridine rings is 1. The fourth-order valence-corrected chi connectivity index (χ4v) is 5.13. The molecule has 0 radical (unpaired) electrons. The molecule has 0 bridgehead atoms. The zero-order chi connectivity index (χ0) is 28.5. The number of amides is 1. The molecule has 0 unspecified atom stereocenters. The van der Waals surface area contributed by atoms with Gasteiger partial charge in [-0.3, -0.25) is 9.88 Å². The van der Waals surface area contributed by atoms with E-state index in [0.717, 1.165) is 55.9 Å². The van der Waals surface area contributed by atoms with Gasteiger partial charge >= 0.3 is 18.4 Å². The van der Waals surface area contributed by atoms with E-state index in [1.807, 2.05) is 6.07 Å². The molecule has 212 valence electrons. The van der Waals surface area contributed by atoms with Gasteiger partial charge in [0.15, 0.2) is 5.75 Å². The molecule has 5 rings (SSSR count). The second-order valence-electron chi connectivity index (χ2n) is 10.2. The Morgan fingerprint density at radius 1 is 0.825 bits per heavy atom. The lowest BCUT2D eigenvalue weighted by molar-refractivity contribution is -0.138. The number of carbonyl (C=O) groups is 1. The molecule has 0 N–H and O–H groups in total. The molecular weight excluding hydrogens is 540 g/mol. The van der Waals surface area contributed by atoms with E-state index in [2.05, 4.69) is 9.88 Å². The van der Waals surface area contributed by atoms with Crippen molar-refractivity contribution in [2.75, 3.05) is 26.2 Å². The molecule has 2 aromatic carbocycles. The Morgan fingerprint density at radius 3 is 2.12 bits per heavy atom. The smallest absolute Gasteiger partial charge is 0.418 e. The van der Waals surface area contributed by atoms with Crippen LogP contribution in [0, 0.1) is 5.41 Å². The van der Waals surface area contributed by atoms with Crippen molar-refractivity contribution in [2.24, 2.45) is 5.41 Å². The van der Waals surface area contributed by atoms with Crippen molar-refractivity contribution in [1.29, 1.82) is 0 Å². The average Bonchev–Trinajstić information content (AvgIpc) is 2.88. The zero-order valence-corrected chi connectivity index (χ0v) is 21.1. The highest BCUT2D eigenvalue weighted by Gasteiger charge is 2.45. The van der Waals surface area contributed by atoms with Gasteiger partial charge in [0, 0.05) is 38.9 Å². The summed E-state index contributed by atoms with van der Waals surface area (Å²) >= 11 is 0. The van der Waals surface area contributed by atoms with Gasteiger partial charge in [0.2, 0.25) is 0 Å². The summed E-state index contributed by atoms with van der Waals surface area (Å²) in [5.41, 5.74) is -0.771. The maximum Gasteiger partial charge on any atom is 0.418 e. The van der Waals surface area contributed by atoms with Gasteiger partial charge in [-0.15, -0.1) is 0 Å². The number of hydrogen-bond donors (Lipinski definition) is 0. The lowest BCUT2D eigenvalue weighted by atomic mass is 9.72. The summed E-state index contributed by atoms with van der Waals surface area (Å²) in [6.07, 6.45) is -6.53. The Labute approximate surface area is 226 Å². The van der Waals surface area contributed by atoms with Crippen LogP contribution in [0.5, 0.6) is 17.2 Å². The highest BCUT2D eigenvalue weighted by Crippen LogP contribution is 2.41. The molecule has 2 fully saturated rings.